The summed E-state index contributed by atoms with van der Waals surface area (Å²) in [6.07, 6.45) is 3.06. The van der Waals surface area contributed by atoms with Crippen LogP contribution < -0.4 is 5.32 Å². The first-order chi connectivity index (χ1) is 14.2. The second-order valence-corrected chi connectivity index (χ2v) is 8.86. The highest BCUT2D eigenvalue weighted by Crippen LogP contribution is 2.24. The van der Waals surface area contributed by atoms with Gasteiger partial charge < -0.3 is 19.9 Å². The summed E-state index contributed by atoms with van der Waals surface area (Å²) in [5.41, 5.74) is 2.68. The fourth-order valence-corrected chi connectivity index (χ4v) is 3.63. The summed E-state index contributed by atoms with van der Waals surface area (Å²) in [6, 6.07) is 3.91. The lowest BCUT2D eigenvalue weighted by molar-refractivity contribution is -0.130. The summed E-state index contributed by atoms with van der Waals surface area (Å²) >= 11 is 0. The first-order valence-electron chi connectivity index (χ1n) is 10.2. The van der Waals surface area contributed by atoms with Crippen molar-refractivity contribution in [3.05, 3.63) is 35.2 Å². The van der Waals surface area contributed by atoms with Crippen LogP contribution in [0.2, 0.25) is 0 Å². The van der Waals surface area contributed by atoms with E-state index in [1.54, 1.807) is 14.5 Å². The van der Waals surface area contributed by atoms with Gasteiger partial charge in [-0.3, -0.25) is 9.48 Å². The number of amides is 2. The van der Waals surface area contributed by atoms with Crippen molar-refractivity contribution in [2.45, 2.75) is 52.3 Å². The topological polar surface area (TPSA) is 92.6 Å². The van der Waals surface area contributed by atoms with E-state index in [-0.39, 0.29) is 18.5 Å². The van der Waals surface area contributed by atoms with Crippen LogP contribution in [0, 0.1) is 0 Å². The zero-order chi connectivity index (χ0) is 21.5. The van der Waals surface area contributed by atoms with E-state index in [0.29, 0.717) is 31.3 Å². The monoisotopic (exact) mass is 412 g/mol. The van der Waals surface area contributed by atoms with E-state index in [1.165, 1.54) is 0 Å². The van der Waals surface area contributed by atoms with Crippen LogP contribution >= 0.6 is 0 Å². The molecule has 0 atom stereocenters. The Morgan fingerprint density at radius 1 is 1.10 bits per heavy atom. The van der Waals surface area contributed by atoms with E-state index in [1.807, 2.05) is 46.1 Å². The van der Waals surface area contributed by atoms with Crippen LogP contribution in [-0.4, -0.2) is 62.3 Å². The second-order valence-electron chi connectivity index (χ2n) is 8.86. The summed E-state index contributed by atoms with van der Waals surface area (Å²) in [7, 11) is 1.81. The van der Waals surface area contributed by atoms with Gasteiger partial charge in [-0.15, -0.1) is 0 Å². The highest BCUT2D eigenvalue weighted by molar-refractivity contribution is 5.76. The molecule has 2 amide bonds. The highest BCUT2D eigenvalue weighted by atomic mass is 16.6. The van der Waals surface area contributed by atoms with Crippen LogP contribution in [0.4, 0.5) is 16.4 Å². The molecule has 9 heteroatoms. The van der Waals surface area contributed by atoms with Crippen molar-refractivity contribution in [1.82, 2.24) is 24.6 Å². The molecule has 160 valence electrons. The summed E-state index contributed by atoms with van der Waals surface area (Å²) in [4.78, 5) is 32.4. The Morgan fingerprint density at radius 3 is 2.67 bits per heavy atom. The maximum absolute atomic E-state index is 12.4. The molecule has 30 heavy (non-hydrogen) atoms. The molecule has 0 saturated carbocycles. The molecule has 0 spiro atoms. The molecule has 0 bridgehead atoms. The van der Waals surface area contributed by atoms with Gasteiger partial charge in [-0.2, -0.15) is 5.10 Å². The van der Waals surface area contributed by atoms with Gasteiger partial charge in [-0.25, -0.2) is 9.78 Å². The van der Waals surface area contributed by atoms with Gasteiger partial charge in [0, 0.05) is 51.1 Å². The fraction of sp³-hybridized carbons (Fsp3) is 0.524. The molecule has 4 rings (SSSR count). The van der Waals surface area contributed by atoms with Gasteiger partial charge in [-0.1, -0.05) is 0 Å². The number of carbonyl (C=O) groups excluding carboxylic acids is 2. The number of ether oxygens (including phenoxy) is 1. The lowest BCUT2D eigenvalue weighted by Gasteiger charge is -2.31. The molecule has 1 N–H and O–H groups in total. The number of pyridine rings is 1. The van der Waals surface area contributed by atoms with Gasteiger partial charge in [0.15, 0.2) is 5.82 Å². The zero-order valence-corrected chi connectivity index (χ0v) is 17.9. The zero-order valence-electron chi connectivity index (χ0n) is 17.9. The number of nitrogens with one attached hydrogen (secondary N) is 1. The number of hydrogen-bond acceptors (Lipinski definition) is 6. The van der Waals surface area contributed by atoms with Crippen LogP contribution in [0.1, 0.15) is 37.6 Å². The largest absolute Gasteiger partial charge is 0.444 e. The molecular weight excluding hydrogens is 384 g/mol. The third kappa shape index (κ3) is 4.39. The van der Waals surface area contributed by atoms with Crippen molar-refractivity contribution < 1.29 is 14.3 Å². The number of likely N-dealkylation sites (N-methyl/N-ethyl adjacent to an activating group) is 1. The molecule has 0 radical (unpaired) electrons. The van der Waals surface area contributed by atoms with E-state index in [0.717, 1.165) is 29.7 Å². The third-order valence-corrected chi connectivity index (χ3v) is 5.28. The first kappa shape index (κ1) is 20.2. The summed E-state index contributed by atoms with van der Waals surface area (Å²) in [5, 5.41) is 7.76. The van der Waals surface area contributed by atoms with Crippen molar-refractivity contribution >= 4 is 23.6 Å². The van der Waals surface area contributed by atoms with Gasteiger partial charge in [0.1, 0.15) is 18.0 Å². The molecular formula is C21H28N6O3. The number of carbonyl (C=O) groups is 2. The highest BCUT2D eigenvalue weighted by Gasteiger charge is 2.26. The number of aromatic nitrogens is 3. The average Bonchev–Trinajstić information content (AvgIpc) is 2.99. The molecule has 2 aromatic heterocycles. The van der Waals surface area contributed by atoms with Crippen molar-refractivity contribution in [2.75, 3.05) is 25.5 Å². The maximum Gasteiger partial charge on any atom is 0.410 e. The fourth-order valence-electron chi connectivity index (χ4n) is 3.63. The third-order valence-electron chi connectivity index (χ3n) is 5.28. The molecule has 2 aliphatic rings. The Balaban J connectivity index is 1.47. The number of fused-ring (bicyclic) bond motifs is 2. The normalized spacial score (nSPS) is 16.6. The van der Waals surface area contributed by atoms with Gasteiger partial charge in [0.05, 0.1) is 0 Å². The summed E-state index contributed by atoms with van der Waals surface area (Å²) < 4.78 is 7.25. The molecule has 2 aliphatic heterocycles. The molecule has 4 heterocycles. The Hall–Kier alpha value is -3.10. The Labute approximate surface area is 176 Å². The molecule has 0 fully saturated rings. The number of nitrogens with zero attached hydrogens (tertiary/aromatic N) is 5. The van der Waals surface area contributed by atoms with E-state index in [9.17, 15) is 9.59 Å². The second kappa shape index (κ2) is 7.62. The van der Waals surface area contributed by atoms with Gasteiger partial charge in [0.25, 0.3) is 0 Å². The first-order valence-corrected chi connectivity index (χ1v) is 10.2. The predicted octanol–water partition coefficient (Wildman–Crippen LogP) is 2.33. The van der Waals surface area contributed by atoms with Crippen LogP contribution in [0.15, 0.2) is 18.3 Å². The summed E-state index contributed by atoms with van der Waals surface area (Å²) in [6.45, 7) is 7.64. The van der Waals surface area contributed by atoms with Gasteiger partial charge in [-0.05, 0) is 44.4 Å². The Bertz CT molecular complexity index is 978. The van der Waals surface area contributed by atoms with Crippen LogP contribution in [-0.2, 0) is 35.5 Å². The molecule has 0 saturated heterocycles. The number of rotatable bonds is 2. The lowest BCUT2D eigenvalue weighted by atomic mass is 10.0. The van der Waals surface area contributed by atoms with Crippen molar-refractivity contribution in [2.24, 2.45) is 0 Å². The minimum absolute atomic E-state index is 0.0533. The molecule has 0 aromatic carbocycles. The lowest BCUT2D eigenvalue weighted by Crippen LogP contribution is -2.39. The Morgan fingerprint density at radius 2 is 1.90 bits per heavy atom. The summed E-state index contributed by atoms with van der Waals surface area (Å²) in [5.74, 6) is 1.38. The number of hydrogen-bond donors (Lipinski definition) is 1. The smallest absolute Gasteiger partial charge is 0.410 e. The number of anilines is 2. The quantitative estimate of drug-likeness (QED) is 0.814. The SMILES string of the molecule is CN1CCc2cc(Nc3cc4c(cn3)CCN(C(=O)OC(C)(C)C)C4)nn2CC1=O. The van der Waals surface area contributed by atoms with Crippen LogP contribution in [0.3, 0.4) is 0 Å². The molecule has 0 aliphatic carbocycles. The van der Waals surface area contributed by atoms with E-state index in [2.05, 4.69) is 15.4 Å². The van der Waals surface area contributed by atoms with Gasteiger partial charge >= 0.3 is 6.09 Å². The van der Waals surface area contributed by atoms with Crippen LogP contribution in [0.25, 0.3) is 0 Å². The maximum atomic E-state index is 12.4. The Kier molecular flexibility index (Phi) is 5.13. The van der Waals surface area contributed by atoms with E-state index < -0.39 is 5.60 Å². The van der Waals surface area contributed by atoms with Crippen molar-refractivity contribution in [1.29, 1.82) is 0 Å². The molecule has 0 unspecified atom stereocenters. The minimum atomic E-state index is -0.516. The molecule has 9 nitrogen and oxygen atoms in total. The van der Waals surface area contributed by atoms with E-state index >= 15 is 0 Å². The standard InChI is InChI=1S/C21H28N6O3/c1-21(2,3)30-20(29)26-8-5-14-11-22-17(9-15(14)12-26)23-18-10-16-6-7-25(4)19(28)13-27(16)24-18/h9-11H,5-8,12-13H2,1-4H3,(H,22,23,24). The van der Waals surface area contributed by atoms with Crippen LogP contribution in [0.5, 0.6) is 0 Å². The minimum Gasteiger partial charge on any atom is -0.444 e. The average molecular weight is 412 g/mol. The van der Waals surface area contributed by atoms with Crippen molar-refractivity contribution in [3.8, 4) is 0 Å². The predicted molar refractivity (Wildman–Crippen MR) is 111 cm³/mol. The van der Waals surface area contributed by atoms with E-state index in [4.69, 9.17) is 4.74 Å². The molecule has 2 aromatic rings. The van der Waals surface area contributed by atoms with Crippen molar-refractivity contribution in [3.63, 3.8) is 0 Å². The van der Waals surface area contributed by atoms with Gasteiger partial charge in [0.2, 0.25) is 5.91 Å².